The van der Waals surface area contributed by atoms with Crippen molar-refractivity contribution in [2.75, 3.05) is 0 Å². The lowest BCUT2D eigenvalue weighted by Crippen LogP contribution is -2.15. The van der Waals surface area contributed by atoms with Crippen LogP contribution >= 0.6 is 15.9 Å². The standard InChI is InChI=1S/C14H19BrO/c1-9-8-11(14(3,4)5)6-7-12(9)13(16)10(2)15/h6-8,10H,1-5H3. The van der Waals surface area contributed by atoms with Gasteiger partial charge < -0.3 is 0 Å². The Morgan fingerprint density at radius 3 is 2.25 bits per heavy atom. The molecule has 1 aromatic carbocycles. The molecule has 88 valence electrons. The SMILES string of the molecule is Cc1cc(C(C)(C)C)ccc1C(=O)C(C)Br. The summed E-state index contributed by atoms with van der Waals surface area (Å²) in [6.45, 7) is 10.4. The summed E-state index contributed by atoms with van der Waals surface area (Å²) in [6.07, 6.45) is 0. The monoisotopic (exact) mass is 282 g/mol. The van der Waals surface area contributed by atoms with Gasteiger partial charge in [-0.1, -0.05) is 54.9 Å². The molecule has 0 amide bonds. The first kappa shape index (κ1) is 13.4. The van der Waals surface area contributed by atoms with Crippen molar-refractivity contribution < 1.29 is 4.79 Å². The number of ketones is 1. The number of benzene rings is 1. The lowest BCUT2D eigenvalue weighted by molar-refractivity contribution is 0.0995. The molecule has 1 nitrogen and oxygen atoms in total. The Kier molecular flexibility index (Phi) is 3.95. The zero-order chi connectivity index (χ0) is 12.5. The van der Waals surface area contributed by atoms with E-state index in [4.69, 9.17) is 0 Å². The largest absolute Gasteiger partial charge is 0.293 e. The van der Waals surface area contributed by atoms with Gasteiger partial charge in [-0.3, -0.25) is 4.79 Å². The van der Waals surface area contributed by atoms with Crippen molar-refractivity contribution in [2.45, 2.75) is 44.9 Å². The molecule has 0 aromatic heterocycles. The summed E-state index contributed by atoms with van der Waals surface area (Å²) < 4.78 is 0. The van der Waals surface area contributed by atoms with Crippen molar-refractivity contribution >= 4 is 21.7 Å². The highest BCUT2D eigenvalue weighted by Gasteiger charge is 2.18. The van der Waals surface area contributed by atoms with Crippen LogP contribution in [0.4, 0.5) is 0 Å². The lowest BCUT2D eigenvalue weighted by atomic mass is 9.85. The highest BCUT2D eigenvalue weighted by atomic mass is 79.9. The van der Waals surface area contributed by atoms with E-state index in [0.717, 1.165) is 11.1 Å². The Bertz CT molecular complexity index is 400. The molecular formula is C14H19BrO. The summed E-state index contributed by atoms with van der Waals surface area (Å²) in [7, 11) is 0. The fraction of sp³-hybridized carbons (Fsp3) is 0.500. The second-order valence-corrected chi connectivity index (χ2v) is 6.63. The van der Waals surface area contributed by atoms with Crippen LogP contribution in [-0.4, -0.2) is 10.6 Å². The molecule has 1 aromatic rings. The summed E-state index contributed by atoms with van der Waals surface area (Å²) in [5.74, 6) is 0.151. The molecule has 1 rings (SSSR count). The maximum atomic E-state index is 11.9. The summed E-state index contributed by atoms with van der Waals surface area (Å²) in [5.41, 5.74) is 3.27. The van der Waals surface area contributed by atoms with Crippen LogP contribution in [0.1, 0.15) is 49.2 Å². The number of carbonyl (C=O) groups excluding carboxylic acids is 1. The Morgan fingerprint density at radius 1 is 1.31 bits per heavy atom. The average Bonchev–Trinajstić information content (AvgIpc) is 2.15. The molecule has 0 saturated carbocycles. The van der Waals surface area contributed by atoms with Crippen molar-refractivity contribution in [1.29, 1.82) is 0 Å². The van der Waals surface area contributed by atoms with Crippen LogP contribution in [0.3, 0.4) is 0 Å². The van der Waals surface area contributed by atoms with Crippen LogP contribution < -0.4 is 0 Å². The van der Waals surface area contributed by atoms with Gasteiger partial charge in [-0.2, -0.15) is 0 Å². The van der Waals surface area contributed by atoms with Crippen molar-refractivity contribution in [3.63, 3.8) is 0 Å². The topological polar surface area (TPSA) is 17.1 Å². The van der Waals surface area contributed by atoms with E-state index in [1.165, 1.54) is 5.56 Å². The van der Waals surface area contributed by atoms with Gasteiger partial charge in [0.2, 0.25) is 0 Å². The smallest absolute Gasteiger partial charge is 0.176 e. The van der Waals surface area contributed by atoms with Gasteiger partial charge in [-0.25, -0.2) is 0 Å². The molecule has 0 radical (unpaired) electrons. The fourth-order valence-corrected chi connectivity index (χ4v) is 1.87. The van der Waals surface area contributed by atoms with Gasteiger partial charge >= 0.3 is 0 Å². The maximum Gasteiger partial charge on any atom is 0.176 e. The molecule has 0 bridgehead atoms. The second kappa shape index (κ2) is 4.70. The van der Waals surface area contributed by atoms with E-state index >= 15 is 0 Å². The van der Waals surface area contributed by atoms with E-state index < -0.39 is 0 Å². The van der Waals surface area contributed by atoms with Crippen molar-refractivity contribution in [2.24, 2.45) is 0 Å². The molecule has 16 heavy (non-hydrogen) atoms. The van der Waals surface area contributed by atoms with Gasteiger partial charge in [0.1, 0.15) is 0 Å². The third kappa shape index (κ3) is 2.94. The third-order valence-corrected chi connectivity index (χ3v) is 3.14. The van der Waals surface area contributed by atoms with Crippen LogP contribution in [0.5, 0.6) is 0 Å². The number of halogens is 1. The predicted octanol–water partition coefficient (Wildman–Crippen LogP) is 4.26. The van der Waals surface area contributed by atoms with E-state index in [9.17, 15) is 4.79 Å². The number of carbonyl (C=O) groups is 1. The summed E-state index contributed by atoms with van der Waals surface area (Å²) in [4.78, 5) is 11.8. The van der Waals surface area contributed by atoms with Crippen LogP contribution in [0.15, 0.2) is 18.2 Å². The number of alkyl halides is 1. The van der Waals surface area contributed by atoms with Gasteiger partial charge in [0.15, 0.2) is 5.78 Å². The van der Waals surface area contributed by atoms with E-state index in [1.807, 2.05) is 19.9 Å². The predicted molar refractivity (Wildman–Crippen MR) is 72.6 cm³/mol. The third-order valence-electron chi connectivity index (χ3n) is 2.72. The highest BCUT2D eigenvalue weighted by molar-refractivity contribution is 9.10. The number of hydrogen-bond acceptors (Lipinski definition) is 1. The molecule has 1 atom stereocenters. The lowest BCUT2D eigenvalue weighted by Gasteiger charge is -2.20. The summed E-state index contributed by atoms with van der Waals surface area (Å²) in [6, 6.07) is 6.11. The van der Waals surface area contributed by atoms with Gasteiger partial charge in [0, 0.05) is 5.56 Å². The van der Waals surface area contributed by atoms with E-state index in [1.54, 1.807) is 0 Å². The summed E-state index contributed by atoms with van der Waals surface area (Å²) >= 11 is 3.32. The quantitative estimate of drug-likeness (QED) is 0.585. The molecule has 0 aliphatic rings. The highest BCUT2D eigenvalue weighted by Crippen LogP contribution is 2.25. The molecule has 1 unspecified atom stereocenters. The minimum atomic E-state index is -0.119. The van der Waals surface area contributed by atoms with Crippen LogP contribution in [-0.2, 0) is 5.41 Å². The van der Waals surface area contributed by atoms with E-state index in [-0.39, 0.29) is 16.0 Å². The molecule has 0 N–H and O–H groups in total. The Balaban J connectivity index is 3.15. The zero-order valence-electron chi connectivity index (χ0n) is 10.6. The number of Topliss-reactive ketones (excluding diaryl/α,β-unsaturated/α-hetero) is 1. The van der Waals surface area contributed by atoms with Gasteiger partial charge in [-0.15, -0.1) is 0 Å². The number of aryl methyl sites for hydroxylation is 1. The molecule has 0 fully saturated rings. The Labute approximate surface area is 106 Å². The number of rotatable bonds is 2. The summed E-state index contributed by atoms with van der Waals surface area (Å²) in [5, 5.41) is 0. The first-order valence-corrected chi connectivity index (χ1v) is 6.44. The number of hydrogen-bond donors (Lipinski definition) is 0. The van der Waals surface area contributed by atoms with E-state index in [0.29, 0.717) is 0 Å². The molecule has 0 aliphatic heterocycles. The average molecular weight is 283 g/mol. The minimum absolute atomic E-state index is 0.119. The minimum Gasteiger partial charge on any atom is -0.293 e. The van der Waals surface area contributed by atoms with Crippen molar-refractivity contribution in [3.05, 3.63) is 34.9 Å². The molecule has 0 heterocycles. The van der Waals surface area contributed by atoms with Crippen LogP contribution in [0.25, 0.3) is 0 Å². The first-order valence-electron chi connectivity index (χ1n) is 5.53. The Hall–Kier alpha value is -0.630. The van der Waals surface area contributed by atoms with Crippen molar-refractivity contribution in [3.8, 4) is 0 Å². The Morgan fingerprint density at radius 2 is 1.88 bits per heavy atom. The van der Waals surface area contributed by atoms with Gasteiger partial charge in [-0.05, 0) is 30.4 Å². The van der Waals surface area contributed by atoms with Crippen molar-refractivity contribution in [1.82, 2.24) is 0 Å². The van der Waals surface area contributed by atoms with Crippen LogP contribution in [0.2, 0.25) is 0 Å². The van der Waals surface area contributed by atoms with E-state index in [2.05, 4.69) is 48.8 Å². The molecular weight excluding hydrogens is 264 g/mol. The second-order valence-electron chi connectivity index (χ2n) is 5.26. The molecule has 2 heteroatoms. The maximum absolute atomic E-state index is 11.9. The van der Waals surface area contributed by atoms with Crippen LogP contribution in [0, 0.1) is 6.92 Å². The molecule has 0 aliphatic carbocycles. The molecule has 0 saturated heterocycles. The molecule has 0 spiro atoms. The van der Waals surface area contributed by atoms with Gasteiger partial charge in [0.05, 0.1) is 4.83 Å². The normalized spacial score (nSPS) is 13.6. The zero-order valence-corrected chi connectivity index (χ0v) is 12.2. The fourth-order valence-electron chi connectivity index (χ4n) is 1.62. The first-order chi connectivity index (χ1) is 7.23. The van der Waals surface area contributed by atoms with Gasteiger partial charge in [0.25, 0.3) is 0 Å².